The van der Waals surface area contributed by atoms with Gasteiger partial charge in [0, 0.05) is 0 Å². The Morgan fingerprint density at radius 1 is 1.25 bits per heavy atom. The summed E-state index contributed by atoms with van der Waals surface area (Å²) in [4.78, 5) is 0.193. The zero-order valence-electron chi connectivity index (χ0n) is 13.9. The van der Waals surface area contributed by atoms with E-state index in [-0.39, 0.29) is 11.4 Å². The second-order valence-electron chi connectivity index (χ2n) is 5.34. The van der Waals surface area contributed by atoms with E-state index in [0.29, 0.717) is 15.9 Å². The van der Waals surface area contributed by atoms with Crippen LogP contribution in [0.5, 0.6) is 5.75 Å². The summed E-state index contributed by atoms with van der Waals surface area (Å²) in [7, 11) is -2.19. The third-order valence-electron chi connectivity index (χ3n) is 3.85. The molecule has 0 fully saturated rings. The second kappa shape index (κ2) is 7.40. The van der Waals surface area contributed by atoms with Crippen LogP contribution in [0.15, 0.2) is 58.4 Å². The molecule has 0 N–H and O–H groups in total. The van der Waals surface area contributed by atoms with Gasteiger partial charge in [-0.25, -0.2) is 8.42 Å². The van der Waals surface area contributed by atoms with Gasteiger partial charge in [-0.05, 0) is 65.2 Å². The fraction of sp³-hybridized carbons (Fsp3) is 0.222. The first-order chi connectivity index (χ1) is 11.3. The van der Waals surface area contributed by atoms with Crippen LogP contribution in [0.25, 0.3) is 0 Å². The van der Waals surface area contributed by atoms with Crippen molar-refractivity contribution in [2.24, 2.45) is 0 Å². The van der Waals surface area contributed by atoms with E-state index in [9.17, 15) is 8.42 Å². The van der Waals surface area contributed by atoms with E-state index in [4.69, 9.17) is 4.74 Å². The molecule has 0 aromatic heterocycles. The maximum atomic E-state index is 13.2. The van der Waals surface area contributed by atoms with Crippen molar-refractivity contribution < 1.29 is 13.2 Å². The molecule has 0 unspecified atom stereocenters. The number of sulfonamides is 1. The van der Waals surface area contributed by atoms with Gasteiger partial charge in [-0.15, -0.1) is 6.58 Å². The lowest BCUT2D eigenvalue weighted by molar-refractivity contribution is 0.411. The predicted molar refractivity (Wildman–Crippen MR) is 101 cm³/mol. The minimum absolute atomic E-state index is 0.191. The van der Waals surface area contributed by atoms with Crippen LogP contribution in [0.3, 0.4) is 0 Å². The van der Waals surface area contributed by atoms with Gasteiger partial charge in [0.05, 0.1) is 28.7 Å². The summed E-state index contributed by atoms with van der Waals surface area (Å²) in [6, 6.07) is 10.3. The smallest absolute Gasteiger partial charge is 0.264 e. The van der Waals surface area contributed by atoms with E-state index in [0.717, 1.165) is 11.1 Å². The molecule has 6 heteroatoms. The summed E-state index contributed by atoms with van der Waals surface area (Å²) >= 11 is 3.34. The van der Waals surface area contributed by atoms with Gasteiger partial charge in [0.1, 0.15) is 5.75 Å². The number of nitrogens with zero attached hydrogens (tertiary/aromatic N) is 1. The Bertz CT molecular complexity index is 863. The Morgan fingerprint density at radius 3 is 2.54 bits per heavy atom. The van der Waals surface area contributed by atoms with Crippen molar-refractivity contribution in [1.82, 2.24) is 0 Å². The first-order valence-corrected chi connectivity index (χ1v) is 9.59. The molecule has 2 aromatic carbocycles. The summed E-state index contributed by atoms with van der Waals surface area (Å²) in [5, 5.41) is 0. The van der Waals surface area contributed by atoms with Crippen molar-refractivity contribution in [2.75, 3.05) is 18.0 Å². The highest BCUT2D eigenvalue weighted by Crippen LogP contribution is 2.32. The number of halogens is 1. The standard InChI is InChI=1S/C18H20BrNO3S/c1-5-11-20(17-8-6-7-13(2)14(17)3)24(21,22)15-9-10-18(23-4)16(19)12-15/h5-10,12H,1,11H2,2-4H3. The maximum Gasteiger partial charge on any atom is 0.264 e. The summed E-state index contributed by atoms with van der Waals surface area (Å²) in [6.45, 7) is 7.76. The predicted octanol–water partition coefficient (Wildman–Crippen LogP) is 4.46. The van der Waals surface area contributed by atoms with Gasteiger partial charge in [-0.3, -0.25) is 4.31 Å². The van der Waals surface area contributed by atoms with E-state index in [1.54, 1.807) is 24.3 Å². The van der Waals surface area contributed by atoms with Crippen LogP contribution in [0.1, 0.15) is 11.1 Å². The molecule has 0 saturated heterocycles. The second-order valence-corrected chi connectivity index (χ2v) is 8.06. The maximum absolute atomic E-state index is 13.2. The summed E-state index contributed by atoms with van der Waals surface area (Å²) in [6.07, 6.45) is 1.58. The van der Waals surface area contributed by atoms with Crippen molar-refractivity contribution in [2.45, 2.75) is 18.7 Å². The van der Waals surface area contributed by atoms with E-state index < -0.39 is 10.0 Å². The van der Waals surface area contributed by atoms with Crippen molar-refractivity contribution in [3.63, 3.8) is 0 Å². The van der Waals surface area contributed by atoms with Gasteiger partial charge >= 0.3 is 0 Å². The van der Waals surface area contributed by atoms with Crippen LogP contribution in [0.2, 0.25) is 0 Å². The largest absolute Gasteiger partial charge is 0.496 e. The Labute approximate surface area is 151 Å². The summed E-state index contributed by atoms with van der Waals surface area (Å²) in [5.74, 6) is 0.580. The average molecular weight is 410 g/mol. The fourth-order valence-electron chi connectivity index (χ4n) is 2.38. The molecule has 4 nitrogen and oxygen atoms in total. The first-order valence-electron chi connectivity index (χ1n) is 7.36. The normalized spacial score (nSPS) is 11.2. The topological polar surface area (TPSA) is 46.6 Å². The third kappa shape index (κ3) is 3.49. The molecule has 2 rings (SSSR count). The number of methoxy groups -OCH3 is 1. The van der Waals surface area contributed by atoms with E-state index in [1.807, 2.05) is 32.0 Å². The van der Waals surface area contributed by atoms with Crippen LogP contribution in [-0.4, -0.2) is 22.1 Å². The van der Waals surface area contributed by atoms with Crippen molar-refractivity contribution in [3.05, 3.63) is 64.7 Å². The Hall–Kier alpha value is -1.79. The number of hydrogen-bond acceptors (Lipinski definition) is 3. The van der Waals surface area contributed by atoms with Gasteiger partial charge in [0.15, 0.2) is 0 Å². The third-order valence-corrected chi connectivity index (χ3v) is 6.25. The lowest BCUT2D eigenvalue weighted by Gasteiger charge is -2.25. The monoisotopic (exact) mass is 409 g/mol. The lowest BCUT2D eigenvalue weighted by Crippen LogP contribution is -2.32. The van der Waals surface area contributed by atoms with Gasteiger partial charge in [0.2, 0.25) is 0 Å². The Balaban J connectivity index is 2.59. The van der Waals surface area contributed by atoms with E-state index in [1.165, 1.54) is 11.4 Å². The molecular formula is C18H20BrNO3S. The molecule has 128 valence electrons. The van der Waals surface area contributed by atoms with Gasteiger partial charge in [-0.1, -0.05) is 18.2 Å². The Kier molecular flexibility index (Phi) is 5.72. The fourth-order valence-corrected chi connectivity index (χ4v) is 4.60. The molecule has 0 amide bonds. The molecule has 0 saturated carbocycles. The molecule has 0 aliphatic heterocycles. The number of rotatable bonds is 6. The van der Waals surface area contributed by atoms with Crippen LogP contribution < -0.4 is 9.04 Å². The number of anilines is 1. The highest BCUT2D eigenvalue weighted by Gasteiger charge is 2.26. The number of hydrogen-bond donors (Lipinski definition) is 0. The summed E-state index contributed by atoms with van der Waals surface area (Å²) in [5.41, 5.74) is 2.62. The van der Waals surface area contributed by atoms with Crippen LogP contribution in [0.4, 0.5) is 5.69 Å². The molecule has 0 spiro atoms. The Morgan fingerprint density at radius 2 is 1.96 bits per heavy atom. The van der Waals surface area contributed by atoms with E-state index >= 15 is 0 Å². The average Bonchev–Trinajstić information content (AvgIpc) is 2.55. The minimum Gasteiger partial charge on any atom is -0.496 e. The molecule has 0 bridgehead atoms. The van der Waals surface area contributed by atoms with Crippen molar-refractivity contribution in [3.8, 4) is 5.75 Å². The highest BCUT2D eigenvalue weighted by atomic mass is 79.9. The first kappa shape index (κ1) is 18.5. The minimum atomic E-state index is -3.73. The van der Waals surface area contributed by atoms with Crippen molar-refractivity contribution in [1.29, 1.82) is 0 Å². The molecule has 24 heavy (non-hydrogen) atoms. The van der Waals surface area contributed by atoms with E-state index in [2.05, 4.69) is 22.5 Å². The van der Waals surface area contributed by atoms with Crippen LogP contribution >= 0.6 is 15.9 Å². The highest BCUT2D eigenvalue weighted by molar-refractivity contribution is 9.10. The number of aryl methyl sites for hydroxylation is 1. The molecule has 0 aliphatic carbocycles. The quantitative estimate of drug-likeness (QED) is 0.661. The summed E-state index contributed by atoms with van der Waals surface area (Å²) < 4.78 is 33.4. The zero-order valence-corrected chi connectivity index (χ0v) is 16.3. The van der Waals surface area contributed by atoms with Crippen molar-refractivity contribution >= 4 is 31.6 Å². The lowest BCUT2D eigenvalue weighted by atomic mass is 10.1. The number of ether oxygens (including phenoxy) is 1. The molecule has 2 aromatic rings. The van der Waals surface area contributed by atoms with Gasteiger partial charge in [0.25, 0.3) is 10.0 Å². The zero-order chi connectivity index (χ0) is 17.9. The molecule has 0 heterocycles. The molecule has 0 atom stereocenters. The SMILES string of the molecule is C=CCN(c1cccc(C)c1C)S(=O)(=O)c1ccc(OC)c(Br)c1. The molecule has 0 aliphatic rings. The van der Waals surface area contributed by atoms with Gasteiger partial charge < -0.3 is 4.74 Å². The van der Waals surface area contributed by atoms with Crippen LogP contribution in [-0.2, 0) is 10.0 Å². The van der Waals surface area contributed by atoms with Gasteiger partial charge in [-0.2, -0.15) is 0 Å². The molecule has 0 radical (unpaired) electrons. The van der Waals surface area contributed by atoms with Crippen LogP contribution in [0, 0.1) is 13.8 Å². The number of benzene rings is 2. The molecular weight excluding hydrogens is 390 g/mol.